The van der Waals surface area contributed by atoms with Gasteiger partial charge in [-0.2, -0.15) is 0 Å². The van der Waals surface area contributed by atoms with Crippen LogP contribution < -0.4 is 5.32 Å². The molecule has 1 N–H and O–H groups in total. The Labute approximate surface area is 134 Å². The molecule has 6 heteroatoms. The lowest BCUT2D eigenvalue weighted by atomic mass is 10.2. The van der Waals surface area contributed by atoms with Crippen molar-refractivity contribution in [1.82, 2.24) is 0 Å². The van der Waals surface area contributed by atoms with Crippen molar-refractivity contribution in [3.05, 3.63) is 69.8 Å². The minimum absolute atomic E-state index is 0.0110. The number of hydrogen-bond acceptors (Lipinski definition) is 4. The Kier molecular flexibility index (Phi) is 5.82. The zero-order valence-electron chi connectivity index (χ0n) is 12.8. The molecule has 0 atom stereocenters. The summed E-state index contributed by atoms with van der Waals surface area (Å²) in [6.07, 6.45) is 0.189. The van der Waals surface area contributed by atoms with Crippen LogP contribution in [-0.4, -0.2) is 17.4 Å². The molecule has 0 saturated heterocycles. The molecule has 0 bridgehead atoms. The maximum atomic E-state index is 11.8. The molecule has 0 heterocycles. The van der Waals surface area contributed by atoms with Gasteiger partial charge in [-0.25, -0.2) is 0 Å². The van der Waals surface area contributed by atoms with Crippen LogP contribution >= 0.6 is 0 Å². The van der Waals surface area contributed by atoms with E-state index in [0.29, 0.717) is 17.9 Å². The van der Waals surface area contributed by atoms with Crippen LogP contribution in [0.5, 0.6) is 0 Å². The third kappa shape index (κ3) is 5.19. The molecule has 120 valence electrons. The number of rotatable bonds is 7. The number of carbonyl (C=O) groups is 1. The first-order valence-electron chi connectivity index (χ1n) is 7.23. The third-order valence-electron chi connectivity index (χ3n) is 3.27. The van der Waals surface area contributed by atoms with Gasteiger partial charge in [-0.1, -0.05) is 36.4 Å². The van der Waals surface area contributed by atoms with Crippen LogP contribution in [0.3, 0.4) is 0 Å². The second-order valence-electron chi connectivity index (χ2n) is 5.09. The highest BCUT2D eigenvalue weighted by Crippen LogP contribution is 2.22. The van der Waals surface area contributed by atoms with Crippen molar-refractivity contribution < 1.29 is 14.5 Å². The Morgan fingerprint density at radius 1 is 1.22 bits per heavy atom. The van der Waals surface area contributed by atoms with Crippen LogP contribution in [0.1, 0.15) is 17.5 Å². The normalized spacial score (nSPS) is 10.3. The van der Waals surface area contributed by atoms with Gasteiger partial charge in [0.2, 0.25) is 5.91 Å². The van der Waals surface area contributed by atoms with Crippen LogP contribution in [0, 0.1) is 17.0 Å². The number of nitrogens with zero attached hydrogens (tertiary/aromatic N) is 1. The van der Waals surface area contributed by atoms with Gasteiger partial charge in [-0.05, 0) is 18.6 Å². The molecule has 2 aromatic rings. The molecular weight excluding hydrogens is 296 g/mol. The number of amides is 1. The first kappa shape index (κ1) is 16.6. The predicted molar refractivity (Wildman–Crippen MR) is 87.2 cm³/mol. The second-order valence-corrected chi connectivity index (χ2v) is 5.09. The Hall–Kier alpha value is -2.73. The number of benzene rings is 2. The number of aryl methyl sites for hydroxylation is 1. The number of carbonyl (C=O) groups excluding carboxylic acids is 1. The average molecular weight is 314 g/mol. The summed E-state index contributed by atoms with van der Waals surface area (Å²) in [6, 6.07) is 14.3. The summed E-state index contributed by atoms with van der Waals surface area (Å²) >= 11 is 0. The molecule has 1 amide bonds. The molecule has 2 rings (SSSR count). The van der Waals surface area contributed by atoms with E-state index in [1.54, 1.807) is 19.1 Å². The maximum Gasteiger partial charge on any atom is 0.274 e. The van der Waals surface area contributed by atoms with Gasteiger partial charge in [0.25, 0.3) is 5.69 Å². The predicted octanol–water partition coefficient (Wildman–Crippen LogP) is 3.45. The van der Waals surface area contributed by atoms with Gasteiger partial charge in [-0.15, -0.1) is 0 Å². The van der Waals surface area contributed by atoms with Crippen molar-refractivity contribution >= 4 is 17.3 Å². The monoisotopic (exact) mass is 314 g/mol. The zero-order chi connectivity index (χ0) is 16.7. The fraction of sp³-hybridized carbons (Fsp3) is 0.235. The molecular formula is C17H18N2O4. The van der Waals surface area contributed by atoms with Crippen molar-refractivity contribution in [2.24, 2.45) is 0 Å². The number of anilines is 1. The van der Waals surface area contributed by atoms with Gasteiger partial charge in [0.05, 0.1) is 24.6 Å². The fourth-order valence-corrected chi connectivity index (χ4v) is 2.04. The van der Waals surface area contributed by atoms with Crippen LogP contribution in [-0.2, 0) is 16.1 Å². The van der Waals surface area contributed by atoms with E-state index in [9.17, 15) is 14.9 Å². The summed E-state index contributed by atoms with van der Waals surface area (Å²) in [5.74, 6) is -0.240. The smallest absolute Gasteiger partial charge is 0.274 e. The van der Waals surface area contributed by atoms with Crippen LogP contribution in [0.4, 0.5) is 11.4 Å². The quantitative estimate of drug-likeness (QED) is 0.482. The van der Waals surface area contributed by atoms with Gasteiger partial charge >= 0.3 is 0 Å². The number of nitro benzene ring substituents is 1. The summed E-state index contributed by atoms with van der Waals surface area (Å²) in [7, 11) is 0. The van der Waals surface area contributed by atoms with Crippen molar-refractivity contribution in [3.63, 3.8) is 0 Å². The van der Waals surface area contributed by atoms with Gasteiger partial charge in [0.15, 0.2) is 0 Å². The summed E-state index contributed by atoms with van der Waals surface area (Å²) in [5, 5.41) is 13.5. The molecule has 0 unspecified atom stereocenters. The van der Waals surface area contributed by atoms with Gasteiger partial charge in [0, 0.05) is 17.3 Å². The molecule has 0 aliphatic rings. The van der Waals surface area contributed by atoms with Crippen LogP contribution in [0.25, 0.3) is 0 Å². The van der Waals surface area contributed by atoms with E-state index in [1.807, 2.05) is 30.3 Å². The topological polar surface area (TPSA) is 81.5 Å². The maximum absolute atomic E-state index is 11.8. The first-order chi connectivity index (χ1) is 11.1. The molecule has 0 fully saturated rings. The molecule has 0 aliphatic carbocycles. The summed E-state index contributed by atoms with van der Waals surface area (Å²) in [5.41, 5.74) is 2.00. The Morgan fingerprint density at radius 2 is 1.96 bits per heavy atom. The average Bonchev–Trinajstić information content (AvgIpc) is 2.54. The minimum atomic E-state index is -0.464. The summed E-state index contributed by atoms with van der Waals surface area (Å²) < 4.78 is 5.44. The molecule has 0 aliphatic heterocycles. The lowest BCUT2D eigenvalue weighted by Crippen LogP contribution is -2.14. The number of nitro groups is 1. The molecule has 0 spiro atoms. The number of hydrogen-bond donors (Lipinski definition) is 1. The molecule has 0 radical (unpaired) electrons. The van der Waals surface area contributed by atoms with E-state index >= 15 is 0 Å². The number of ether oxygens (including phenoxy) is 1. The van der Waals surface area contributed by atoms with E-state index in [1.165, 1.54) is 6.07 Å². The first-order valence-corrected chi connectivity index (χ1v) is 7.23. The van der Waals surface area contributed by atoms with Crippen LogP contribution in [0.2, 0.25) is 0 Å². The second kappa shape index (κ2) is 8.05. The highest BCUT2D eigenvalue weighted by Gasteiger charge is 2.12. The molecule has 0 saturated carbocycles. The summed E-state index contributed by atoms with van der Waals surface area (Å²) in [6.45, 7) is 2.39. The lowest BCUT2D eigenvalue weighted by Gasteiger charge is -2.07. The molecule has 23 heavy (non-hydrogen) atoms. The van der Waals surface area contributed by atoms with E-state index < -0.39 is 4.92 Å². The lowest BCUT2D eigenvalue weighted by molar-refractivity contribution is -0.385. The standard InChI is InChI=1S/C17H18N2O4/c1-13-7-8-15(11-16(13)19(21)22)18-17(20)9-10-23-12-14-5-3-2-4-6-14/h2-8,11H,9-10,12H2,1H3,(H,18,20). The van der Waals surface area contributed by atoms with Crippen LogP contribution in [0.15, 0.2) is 48.5 Å². The molecule has 0 aromatic heterocycles. The summed E-state index contributed by atoms with van der Waals surface area (Å²) in [4.78, 5) is 22.2. The van der Waals surface area contributed by atoms with Gasteiger partial charge in [-0.3, -0.25) is 14.9 Å². The highest BCUT2D eigenvalue weighted by atomic mass is 16.6. The zero-order valence-corrected chi connectivity index (χ0v) is 12.8. The molecule has 2 aromatic carbocycles. The fourth-order valence-electron chi connectivity index (χ4n) is 2.04. The van der Waals surface area contributed by atoms with Crippen molar-refractivity contribution in [1.29, 1.82) is 0 Å². The largest absolute Gasteiger partial charge is 0.376 e. The Balaban J connectivity index is 1.79. The Bertz CT molecular complexity index is 686. The molecule has 6 nitrogen and oxygen atoms in total. The van der Waals surface area contributed by atoms with E-state index in [0.717, 1.165) is 5.56 Å². The van der Waals surface area contributed by atoms with E-state index in [4.69, 9.17) is 4.74 Å². The highest BCUT2D eigenvalue weighted by molar-refractivity contribution is 5.91. The van der Waals surface area contributed by atoms with Crippen molar-refractivity contribution in [2.75, 3.05) is 11.9 Å². The van der Waals surface area contributed by atoms with E-state index in [2.05, 4.69) is 5.32 Å². The number of nitrogens with one attached hydrogen (secondary N) is 1. The minimum Gasteiger partial charge on any atom is -0.376 e. The van der Waals surface area contributed by atoms with Gasteiger partial charge in [0.1, 0.15) is 0 Å². The van der Waals surface area contributed by atoms with Crippen molar-refractivity contribution in [3.8, 4) is 0 Å². The van der Waals surface area contributed by atoms with Gasteiger partial charge < -0.3 is 10.1 Å². The van der Waals surface area contributed by atoms with Crippen molar-refractivity contribution in [2.45, 2.75) is 20.0 Å². The third-order valence-corrected chi connectivity index (χ3v) is 3.27. The van der Waals surface area contributed by atoms with E-state index in [-0.39, 0.29) is 24.6 Å². The Morgan fingerprint density at radius 3 is 2.65 bits per heavy atom. The SMILES string of the molecule is Cc1ccc(NC(=O)CCOCc2ccccc2)cc1[N+](=O)[O-].